The van der Waals surface area contributed by atoms with Crippen LogP contribution >= 0.6 is 11.8 Å². The second-order valence-corrected chi connectivity index (χ2v) is 6.01. The van der Waals surface area contributed by atoms with Gasteiger partial charge in [-0.1, -0.05) is 37.3 Å². The molecule has 1 atom stereocenters. The van der Waals surface area contributed by atoms with Crippen molar-refractivity contribution < 1.29 is 9.72 Å². The van der Waals surface area contributed by atoms with Crippen LogP contribution in [0.15, 0.2) is 53.4 Å². The minimum absolute atomic E-state index is 0.0405. The summed E-state index contributed by atoms with van der Waals surface area (Å²) in [6.07, 6.45) is 1.77. The number of thioether (sulfide) groups is 1. The minimum atomic E-state index is -0.463. The van der Waals surface area contributed by atoms with Crippen LogP contribution in [-0.4, -0.2) is 23.6 Å². The average molecular weight is 330 g/mol. The van der Waals surface area contributed by atoms with Gasteiger partial charge >= 0.3 is 0 Å². The number of hydrogen-bond donors (Lipinski definition) is 1. The highest BCUT2D eigenvalue weighted by Gasteiger charge is 2.17. The van der Waals surface area contributed by atoms with Gasteiger partial charge in [-0.15, -0.1) is 11.8 Å². The van der Waals surface area contributed by atoms with Crippen molar-refractivity contribution in [2.45, 2.75) is 17.7 Å². The summed E-state index contributed by atoms with van der Waals surface area (Å²) in [4.78, 5) is 23.4. The predicted molar refractivity (Wildman–Crippen MR) is 92.1 cm³/mol. The summed E-state index contributed by atoms with van der Waals surface area (Å²) in [5.41, 5.74) is 1.40. The molecule has 1 amide bonds. The quantitative estimate of drug-likeness (QED) is 0.496. The first-order chi connectivity index (χ1) is 11.0. The molecule has 0 aliphatic rings. The third-order valence-corrected chi connectivity index (χ3v) is 4.36. The molecule has 0 spiro atoms. The SMILES string of the molecule is CSc1ccc(C(=O)NC[C@@H](C)c2ccccc2)cc1[N+](=O)[O-]. The molecule has 0 radical (unpaired) electrons. The molecule has 1 N–H and O–H groups in total. The van der Waals surface area contributed by atoms with Crippen LogP contribution in [0.1, 0.15) is 28.8 Å². The van der Waals surface area contributed by atoms with E-state index in [1.807, 2.05) is 37.3 Å². The molecule has 0 aliphatic carbocycles. The standard InChI is InChI=1S/C17H18N2O3S/c1-12(13-6-4-3-5-7-13)11-18-17(20)14-8-9-16(23-2)15(10-14)19(21)22/h3-10,12H,11H2,1-2H3,(H,18,20)/t12-/m1/s1. The van der Waals surface area contributed by atoms with Gasteiger partial charge in [0.1, 0.15) is 0 Å². The highest BCUT2D eigenvalue weighted by molar-refractivity contribution is 7.98. The maximum atomic E-state index is 12.2. The molecule has 0 bridgehead atoms. The zero-order chi connectivity index (χ0) is 16.8. The molecule has 0 saturated heterocycles. The number of hydrogen-bond acceptors (Lipinski definition) is 4. The normalized spacial score (nSPS) is 11.7. The van der Waals surface area contributed by atoms with Crippen molar-refractivity contribution in [3.8, 4) is 0 Å². The molecule has 2 aromatic carbocycles. The molecule has 2 rings (SSSR count). The topological polar surface area (TPSA) is 72.2 Å². The van der Waals surface area contributed by atoms with Crippen LogP contribution in [0.2, 0.25) is 0 Å². The number of nitro groups is 1. The average Bonchev–Trinajstić information content (AvgIpc) is 2.59. The van der Waals surface area contributed by atoms with Crippen LogP contribution in [0.4, 0.5) is 5.69 Å². The zero-order valence-corrected chi connectivity index (χ0v) is 13.8. The highest BCUT2D eigenvalue weighted by atomic mass is 32.2. The number of amides is 1. The number of carbonyl (C=O) groups is 1. The van der Waals surface area contributed by atoms with E-state index in [1.54, 1.807) is 18.4 Å². The van der Waals surface area contributed by atoms with E-state index < -0.39 is 4.92 Å². The summed E-state index contributed by atoms with van der Waals surface area (Å²) >= 11 is 1.29. The Morgan fingerprint density at radius 1 is 1.26 bits per heavy atom. The van der Waals surface area contributed by atoms with Gasteiger partial charge in [-0.25, -0.2) is 0 Å². The van der Waals surface area contributed by atoms with Gasteiger partial charge in [0.05, 0.1) is 9.82 Å². The van der Waals surface area contributed by atoms with Gasteiger partial charge in [0.2, 0.25) is 0 Å². The maximum absolute atomic E-state index is 12.2. The van der Waals surface area contributed by atoms with E-state index in [9.17, 15) is 14.9 Å². The first-order valence-corrected chi connectivity index (χ1v) is 8.41. The first kappa shape index (κ1) is 17.0. The van der Waals surface area contributed by atoms with Crippen LogP contribution in [0.5, 0.6) is 0 Å². The van der Waals surface area contributed by atoms with Gasteiger partial charge < -0.3 is 5.32 Å². The van der Waals surface area contributed by atoms with E-state index in [-0.39, 0.29) is 17.5 Å². The van der Waals surface area contributed by atoms with Crippen molar-refractivity contribution in [2.24, 2.45) is 0 Å². The molecular formula is C17H18N2O3S. The van der Waals surface area contributed by atoms with E-state index in [0.29, 0.717) is 17.0 Å². The van der Waals surface area contributed by atoms with E-state index in [0.717, 1.165) is 5.56 Å². The minimum Gasteiger partial charge on any atom is -0.351 e. The van der Waals surface area contributed by atoms with E-state index in [4.69, 9.17) is 0 Å². The molecule has 0 aliphatic heterocycles. The zero-order valence-electron chi connectivity index (χ0n) is 13.0. The lowest BCUT2D eigenvalue weighted by Crippen LogP contribution is -2.27. The predicted octanol–water partition coefficient (Wildman–Crippen LogP) is 3.85. The van der Waals surface area contributed by atoms with Crippen LogP contribution in [0, 0.1) is 10.1 Å². The Bertz CT molecular complexity index is 704. The lowest BCUT2D eigenvalue weighted by molar-refractivity contribution is -0.387. The lowest BCUT2D eigenvalue weighted by atomic mass is 10.0. The third-order valence-electron chi connectivity index (χ3n) is 3.58. The number of nitro benzene ring substituents is 1. The lowest BCUT2D eigenvalue weighted by Gasteiger charge is -2.13. The molecule has 6 heteroatoms. The Morgan fingerprint density at radius 2 is 1.96 bits per heavy atom. The van der Waals surface area contributed by atoms with Gasteiger partial charge in [-0.3, -0.25) is 14.9 Å². The van der Waals surface area contributed by atoms with E-state index in [2.05, 4.69) is 5.32 Å². The molecule has 23 heavy (non-hydrogen) atoms. The number of rotatable bonds is 6. The Morgan fingerprint density at radius 3 is 2.57 bits per heavy atom. The number of carbonyl (C=O) groups excluding carboxylic acids is 1. The number of nitrogens with zero attached hydrogens (tertiary/aromatic N) is 1. The van der Waals surface area contributed by atoms with Crippen LogP contribution in [-0.2, 0) is 0 Å². The van der Waals surface area contributed by atoms with Crippen LogP contribution in [0.3, 0.4) is 0 Å². The fourth-order valence-electron chi connectivity index (χ4n) is 2.22. The Hall–Kier alpha value is -2.34. The van der Waals surface area contributed by atoms with Crippen molar-refractivity contribution in [1.29, 1.82) is 0 Å². The summed E-state index contributed by atoms with van der Waals surface area (Å²) in [6.45, 7) is 2.50. The van der Waals surface area contributed by atoms with Crippen LogP contribution in [0.25, 0.3) is 0 Å². The van der Waals surface area contributed by atoms with E-state index in [1.165, 1.54) is 17.8 Å². The van der Waals surface area contributed by atoms with Crippen molar-refractivity contribution in [2.75, 3.05) is 12.8 Å². The largest absolute Gasteiger partial charge is 0.351 e. The molecule has 0 saturated carbocycles. The summed E-state index contributed by atoms with van der Waals surface area (Å²) in [7, 11) is 0. The Kier molecular flexibility index (Phi) is 5.76. The molecule has 0 heterocycles. The molecule has 0 fully saturated rings. The summed E-state index contributed by atoms with van der Waals surface area (Å²) in [6, 6.07) is 14.4. The van der Waals surface area contributed by atoms with Crippen molar-refractivity contribution in [3.05, 3.63) is 69.8 Å². The molecule has 2 aromatic rings. The highest BCUT2D eigenvalue weighted by Crippen LogP contribution is 2.28. The van der Waals surface area contributed by atoms with Crippen molar-refractivity contribution >= 4 is 23.4 Å². The monoisotopic (exact) mass is 330 g/mol. The van der Waals surface area contributed by atoms with E-state index >= 15 is 0 Å². The number of benzene rings is 2. The van der Waals surface area contributed by atoms with Gasteiger partial charge in [0, 0.05) is 18.2 Å². The molecular weight excluding hydrogens is 312 g/mol. The number of nitrogens with one attached hydrogen (secondary N) is 1. The van der Waals surface area contributed by atoms with Crippen molar-refractivity contribution in [3.63, 3.8) is 0 Å². The maximum Gasteiger partial charge on any atom is 0.283 e. The summed E-state index contributed by atoms with van der Waals surface area (Å²) in [5, 5.41) is 13.9. The first-order valence-electron chi connectivity index (χ1n) is 7.18. The smallest absolute Gasteiger partial charge is 0.283 e. The second-order valence-electron chi connectivity index (χ2n) is 5.17. The molecule has 120 valence electrons. The van der Waals surface area contributed by atoms with Gasteiger partial charge in [0.25, 0.3) is 11.6 Å². The summed E-state index contributed by atoms with van der Waals surface area (Å²) < 4.78 is 0. The second kappa shape index (κ2) is 7.78. The third kappa shape index (κ3) is 4.32. The Balaban J connectivity index is 2.06. The van der Waals surface area contributed by atoms with Crippen molar-refractivity contribution in [1.82, 2.24) is 5.32 Å². The van der Waals surface area contributed by atoms with Gasteiger partial charge in [0.15, 0.2) is 0 Å². The molecule has 5 nitrogen and oxygen atoms in total. The fourth-order valence-corrected chi connectivity index (χ4v) is 2.77. The molecule has 0 aromatic heterocycles. The fraction of sp³-hybridized carbons (Fsp3) is 0.235. The van der Waals surface area contributed by atoms with Gasteiger partial charge in [-0.2, -0.15) is 0 Å². The molecule has 0 unspecified atom stereocenters. The Labute approximate surface area is 139 Å². The van der Waals surface area contributed by atoms with Gasteiger partial charge in [-0.05, 0) is 29.9 Å². The van der Waals surface area contributed by atoms with Crippen LogP contribution < -0.4 is 5.32 Å². The summed E-state index contributed by atoms with van der Waals surface area (Å²) in [5.74, 6) is -0.135.